The first-order valence-corrected chi connectivity index (χ1v) is 7.07. The van der Waals surface area contributed by atoms with Crippen molar-refractivity contribution in [2.24, 2.45) is 23.7 Å². The molecule has 5 rings (SSSR count). The topological polar surface area (TPSA) is 43.1 Å². The van der Waals surface area contributed by atoms with Crippen LogP contribution < -0.4 is 0 Å². The summed E-state index contributed by atoms with van der Waals surface area (Å²) < 4.78 is 2.02. The Morgan fingerprint density at radius 3 is 2.72 bits per heavy atom. The predicted molar refractivity (Wildman–Crippen MR) is 66.3 cm³/mol. The van der Waals surface area contributed by atoms with Crippen LogP contribution in [0, 0.1) is 23.7 Å². The van der Waals surface area contributed by atoms with E-state index in [9.17, 15) is 0 Å². The standard InChI is InChI=1S/C13H13ClN4/c14-8-4-9-16-17-13(18(9)5-15-8)12-10-6-1-2-7(3-6)11(10)12/h4-7,10-12H,1-3H2. The van der Waals surface area contributed by atoms with E-state index in [4.69, 9.17) is 11.6 Å². The van der Waals surface area contributed by atoms with Gasteiger partial charge in [-0.2, -0.15) is 0 Å². The molecule has 3 aliphatic carbocycles. The first-order chi connectivity index (χ1) is 8.83. The fourth-order valence-electron chi connectivity index (χ4n) is 4.69. The van der Waals surface area contributed by atoms with Crippen molar-refractivity contribution in [2.75, 3.05) is 0 Å². The van der Waals surface area contributed by atoms with Crippen molar-refractivity contribution >= 4 is 17.2 Å². The summed E-state index contributed by atoms with van der Waals surface area (Å²) >= 11 is 5.88. The van der Waals surface area contributed by atoms with Crippen LogP contribution in [0.25, 0.3) is 5.65 Å². The molecule has 0 amide bonds. The van der Waals surface area contributed by atoms with Crippen LogP contribution in [-0.4, -0.2) is 19.6 Å². The van der Waals surface area contributed by atoms with Gasteiger partial charge in [0, 0.05) is 12.0 Å². The van der Waals surface area contributed by atoms with Crippen molar-refractivity contribution in [1.29, 1.82) is 0 Å². The lowest BCUT2D eigenvalue weighted by Crippen LogP contribution is -2.02. The number of halogens is 1. The molecule has 0 radical (unpaired) electrons. The smallest absolute Gasteiger partial charge is 0.165 e. The lowest BCUT2D eigenvalue weighted by Gasteiger charge is -2.06. The zero-order chi connectivity index (χ0) is 11.9. The minimum Gasteiger partial charge on any atom is -0.269 e. The SMILES string of the molecule is Clc1cc2nnc(C3C4C5CCC(C5)C34)n2cn1. The van der Waals surface area contributed by atoms with E-state index in [1.165, 1.54) is 19.3 Å². The molecule has 2 heterocycles. The predicted octanol–water partition coefficient (Wildman–Crippen LogP) is 2.54. The highest BCUT2D eigenvalue weighted by Crippen LogP contribution is 2.72. The molecule has 0 N–H and O–H groups in total. The number of hydrogen-bond donors (Lipinski definition) is 0. The summed E-state index contributed by atoms with van der Waals surface area (Å²) in [6.07, 6.45) is 6.10. The fraction of sp³-hybridized carbons (Fsp3) is 0.615. The summed E-state index contributed by atoms with van der Waals surface area (Å²) in [6, 6.07) is 1.78. The van der Waals surface area contributed by atoms with Crippen LogP contribution in [0.1, 0.15) is 31.0 Å². The molecule has 2 aromatic heterocycles. The van der Waals surface area contributed by atoms with Gasteiger partial charge in [-0.15, -0.1) is 10.2 Å². The van der Waals surface area contributed by atoms with Crippen molar-refractivity contribution < 1.29 is 0 Å². The number of fused-ring (bicyclic) bond motifs is 6. The molecule has 3 aliphatic rings. The second kappa shape index (κ2) is 3.05. The van der Waals surface area contributed by atoms with E-state index in [-0.39, 0.29) is 0 Å². The molecular formula is C13H13ClN4. The van der Waals surface area contributed by atoms with E-state index in [0.717, 1.165) is 35.1 Å². The molecule has 5 heteroatoms. The molecular weight excluding hydrogens is 248 g/mol. The van der Waals surface area contributed by atoms with Crippen LogP contribution in [-0.2, 0) is 0 Å². The third-order valence-electron chi connectivity index (χ3n) is 5.33. The van der Waals surface area contributed by atoms with Gasteiger partial charge in [0.05, 0.1) is 0 Å². The quantitative estimate of drug-likeness (QED) is 0.740. The second-order valence-electron chi connectivity index (χ2n) is 6.01. The monoisotopic (exact) mass is 260 g/mol. The van der Waals surface area contributed by atoms with E-state index >= 15 is 0 Å². The van der Waals surface area contributed by atoms with Crippen LogP contribution >= 0.6 is 11.6 Å². The summed E-state index contributed by atoms with van der Waals surface area (Å²) in [5, 5.41) is 9.10. The zero-order valence-electron chi connectivity index (χ0n) is 9.83. The average molecular weight is 261 g/mol. The minimum atomic E-state index is 0.484. The average Bonchev–Trinajstić information content (AvgIpc) is 2.76. The van der Waals surface area contributed by atoms with Gasteiger partial charge in [0.25, 0.3) is 0 Å². The number of hydrogen-bond acceptors (Lipinski definition) is 3. The van der Waals surface area contributed by atoms with Crippen LogP contribution in [0.4, 0.5) is 0 Å². The number of aromatic nitrogens is 4. The molecule has 2 bridgehead atoms. The van der Waals surface area contributed by atoms with Gasteiger partial charge in [-0.3, -0.25) is 4.40 Å². The molecule has 3 saturated carbocycles. The van der Waals surface area contributed by atoms with Crippen molar-refractivity contribution in [1.82, 2.24) is 19.6 Å². The second-order valence-corrected chi connectivity index (χ2v) is 6.40. The van der Waals surface area contributed by atoms with Gasteiger partial charge >= 0.3 is 0 Å². The highest BCUT2D eigenvalue weighted by atomic mass is 35.5. The molecule has 0 aliphatic heterocycles. The molecule has 4 unspecified atom stereocenters. The molecule has 0 saturated heterocycles. The summed E-state index contributed by atoms with van der Waals surface area (Å²) in [5.41, 5.74) is 0.822. The Bertz CT molecular complexity index is 635. The maximum Gasteiger partial charge on any atom is 0.165 e. The summed E-state index contributed by atoms with van der Waals surface area (Å²) in [7, 11) is 0. The summed E-state index contributed by atoms with van der Waals surface area (Å²) in [6.45, 7) is 0. The lowest BCUT2D eigenvalue weighted by molar-refractivity contribution is 0.456. The highest BCUT2D eigenvalue weighted by Gasteiger charge is 2.66. The Hall–Kier alpha value is -1.16. The van der Waals surface area contributed by atoms with Gasteiger partial charge < -0.3 is 0 Å². The Balaban J connectivity index is 1.60. The first-order valence-electron chi connectivity index (χ1n) is 6.69. The van der Waals surface area contributed by atoms with Gasteiger partial charge in [0.1, 0.15) is 17.3 Å². The Kier molecular flexibility index (Phi) is 1.65. The number of rotatable bonds is 1. The van der Waals surface area contributed by atoms with Crippen molar-refractivity contribution in [2.45, 2.75) is 25.2 Å². The number of nitrogens with zero attached hydrogens (tertiary/aromatic N) is 4. The minimum absolute atomic E-state index is 0.484. The fourth-order valence-corrected chi connectivity index (χ4v) is 4.83. The Labute approximate surface area is 109 Å². The Morgan fingerprint density at radius 1 is 1.17 bits per heavy atom. The maximum absolute atomic E-state index is 5.88. The molecule has 0 aromatic carbocycles. The molecule has 92 valence electrons. The van der Waals surface area contributed by atoms with E-state index in [1.54, 1.807) is 12.4 Å². The molecule has 2 aromatic rings. The van der Waals surface area contributed by atoms with Gasteiger partial charge in [-0.25, -0.2) is 4.98 Å². The maximum atomic E-state index is 5.88. The first kappa shape index (κ1) is 9.73. The van der Waals surface area contributed by atoms with Gasteiger partial charge in [0.2, 0.25) is 0 Å². The molecule has 18 heavy (non-hydrogen) atoms. The highest BCUT2D eigenvalue weighted by molar-refractivity contribution is 6.29. The molecule has 0 spiro atoms. The zero-order valence-corrected chi connectivity index (χ0v) is 10.6. The molecule has 4 nitrogen and oxygen atoms in total. The molecule has 4 atom stereocenters. The third kappa shape index (κ3) is 1.06. The van der Waals surface area contributed by atoms with E-state index in [2.05, 4.69) is 15.2 Å². The third-order valence-corrected chi connectivity index (χ3v) is 5.53. The molecule has 3 fully saturated rings. The van der Waals surface area contributed by atoms with E-state index < -0.39 is 0 Å². The summed E-state index contributed by atoms with van der Waals surface area (Å²) in [5.74, 6) is 5.42. The van der Waals surface area contributed by atoms with Gasteiger partial charge in [-0.05, 0) is 42.9 Å². The van der Waals surface area contributed by atoms with Crippen molar-refractivity contribution in [3.63, 3.8) is 0 Å². The van der Waals surface area contributed by atoms with Crippen LogP contribution in [0.5, 0.6) is 0 Å². The van der Waals surface area contributed by atoms with Crippen molar-refractivity contribution in [3.05, 3.63) is 23.4 Å². The van der Waals surface area contributed by atoms with Crippen molar-refractivity contribution in [3.8, 4) is 0 Å². The lowest BCUT2D eigenvalue weighted by atomic mass is 10.0. The van der Waals surface area contributed by atoms with Gasteiger partial charge in [0.15, 0.2) is 5.65 Å². The van der Waals surface area contributed by atoms with Crippen LogP contribution in [0.2, 0.25) is 5.15 Å². The van der Waals surface area contributed by atoms with Gasteiger partial charge in [-0.1, -0.05) is 11.6 Å². The Morgan fingerprint density at radius 2 is 1.94 bits per heavy atom. The van der Waals surface area contributed by atoms with E-state index in [1.807, 2.05) is 4.40 Å². The van der Waals surface area contributed by atoms with Crippen LogP contribution in [0.15, 0.2) is 12.4 Å². The van der Waals surface area contributed by atoms with Crippen LogP contribution in [0.3, 0.4) is 0 Å². The normalized spacial score (nSPS) is 40.4. The van der Waals surface area contributed by atoms with E-state index in [0.29, 0.717) is 11.1 Å². The largest absolute Gasteiger partial charge is 0.269 e. The summed E-state index contributed by atoms with van der Waals surface area (Å²) in [4.78, 5) is 4.15.